The Labute approximate surface area is 207 Å². The number of rotatable bonds is 7. The summed E-state index contributed by atoms with van der Waals surface area (Å²) >= 11 is 0. The number of hydrogen-bond acceptors (Lipinski definition) is 5. The summed E-state index contributed by atoms with van der Waals surface area (Å²) in [7, 11) is -4.52. The van der Waals surface area contributed by atoms with Crippen LogP contribution in [0.1, 0.15) is 53.5 Å². The summed E-state index contributed by atoms with van der Waals surface area (Å²) in [6.45, 7) is 5.05. The molecular weight excluding hydrogens is 493 g/mol. The number of nitrogens with zero attached hydrogens (tertiary/aromatic N) is 3. The Kier molecular flexibility index (Phi) is 6.82. The highest BCUT2D eigenvalue weighted by Gasteiger charge is 2.52. The van der Waals surface area contributed by atoms with Gasteiger partial charge in [-0.25, -0.2) is 8.42 Å². The van der Waals surface area contributed by atoms with Crippen LogP contribution in [0.3, 0.4) is 0 Å². The maximum Gasteiger partial charge on any atom is 0.402 e. The predicted octanol–water partition coefficient (Wildman–Crippen LogP) is 4.76. The van der Waals surface area contributed by atoms with Crippen LogP contribution in [0.15, 0.2) is 53.7 Å². The molecular formula is C25H27F3N4O3S. The standard InChI is InChI=1S/C25H27F3N4O3S/c1-4-20(5-2)36(34,35)32(15-25(26,27)28)19-7-6-18-11-21-17(14-30-31-21)12-24(18,13-19)23(33)22-10-16(3)8-9-29-22/h4-5,8-11,14,19H,1,6-7,12-13,15H2,2-3H3,(H,30,31)/b20-5+/t19-,24-/m0/s1. The Balaban J connectivity index is 1.83. The Morgan fingerprint density at radius 1 is 1.39 bits per heavy atom. The molecule has 7 nitrogen and oxygen atoms in total. The summed E-state index contributed by atoms with van der Waals surface area (Å²) in [4.78, 5) is 18.0. The molecule has 0 saturated heterocycles. The van der Waals surface area contributed by atoms with Gasteiger partial charge in [-0.3, -0.25) is 14.9 Å². The molecule has 4 rings (SSSR count). The van der Waals surface area contributed by atoms with Gasteiger partial charge in [0, 0.05) is 12.2 Å². The maximum absolute atomic E-state index is 14.0. The van der Waals surface area contributed by atoms with E-state index in [0.717, 1.165) is 28.5 Å². The number of halogens is 3. The van der Waals surface area contributed by atoms with E-state index in [-0.39, 0.29) is 42.1 Å². The first kappa shape index (κ1) is 26.0. The molecule has 11 heteroatoms. The van der Waals surface area contributed by atoms with Crippen LogP contribution in [0.2, 0.25) is 0 Å². The van der Waals surface area contributed by atoms with Crippen molar-refractivity contribution in [2.45, 2.75) is 51.7 Å². The van der Waals surface area contributed by atoms with Crippen LogP contribution < -0.4 is 0 Å². The Hall–Kier alpha value is -3.05. The SMILES string of the molecule is C=C/C(=C\C)S(=O)(=O)N(CC(F)(F)F)[C@H]1CCC2=Cc3[nH]ncc3C[C@]2(C(=O)c2cc(C)ccn2)C1. The second kappa shape index (κ2) is 9.44. The van der Waals surface area contributed by atoms with Gasteiger partial charge in [0.2, 0.25) is 10.0 Å². The van der Waals surface area contributed by atoms with Gasteiger partial charge in [0.1, 0.15) is 12.2 Å². The third-order valence-corrected chi connectivity index (χ3v) is 8.97. The number of aryl methyl sites for hydroxylation is 1. The molecule has 0 unspecified atom stereocenters. The monoisotopic (exact) mass is 520 g/mol. The minimum absolute atomic E-state index is 0.110. The lowest BCUT2D eigenvalue weighted by Crippen LogP contribution is -2.52. The van der Waals surface area contributed by atoms with Crippen molar-refractivity contribution >= 4 is 21.9 Å². The fraction of sp³-hybridized carbons (Fsp3) is 0.400. The number of carbonyl (C=O) groups is 1. The van der Waals surface area contributed by atoms with Gasteiger partial charge in [-0.2, -0.15) is 22.6 Å². The number of ketones is 1. The zero-order chi connectivity index (χ0) is 26.3. The molecule has 0 bridgehead atoms. The van der Waals surface area contributed by atoms with Crippen LogP contribution in [0.25, 0.3) is 6.08 Å². The first-order valence-electron chi connectivity index (χ1n) is 11.5. The van der Waals surface area contributed by atoms with E-state index in [1.165, 1.54) is 19.2 Å². The second-order valence-electron chi connectivity index (χ2n) is 9.24. The number of aromatic amines is 1. The third-order valence-electron chi connectivity index (χ3n) is 6.93. The summed E-state index contributed by atoms with van der Waals surface area (Å²) in [5, 5.41) is 6.94. The van der Waals surface area contributed by atoms with Crippen LogP contribution in [-0.2, 0) is 16.4 Å². The summed E-state index contributed by atoms with van der Waals surface area (Å²) < 4.78 is 68.1. The number of Topliss-reactive ketones (excluding diaryl/α,β-unsaturated/α-hetero) is 1. The second-order valence-corrected chi connectivity index (χ2v) is 11.1. The summed E-state index contributed by atoms with van der Waals surface area (Å²) in [6, 6.07) is 2.32. The number of pyridine rings is 1. The van der Waals surface area contributed by atoms with Crippen LogP contribution in [0, 0.1) is 12.3 Å². The van der Waals surface area contributed by atoms with Crippen molar-refractivity contribution in [1.82, 2.24) is 19.5 Å². The Bertz CT molecular complexity index is 1360. The molecule has 2 atom stereocenters. The Morgan fingerprint density at radius 3 is 2.78 bits per heavy atom. The topological polar surface area (TPSA) is 96.0 Å². The molecule has 1 N–H and O–H groups in total. The van der Waals surface area contributed by atoms with E-state index in [2.05, 4.69) is 21.8 Å². The van der Waals surface area contributed by atoms with Gasteiger partial charge >= 0.3 is 6.18 Å². The van der Waals surface area contributed by atoms with Gasteiger partial charge in [0.15, 0.2) is 5.78 Å². The Morgan fingerprint density at radius 2 is 2.14 bits per heavy atom. The number of hydrogen-bond donors (Lipinski definition) is 1. The fourth-order valence-electron chi connectivity index (χ4n) is 5.24. The van der Waals surface area contributed by atoms with Crippen molar-refractivity contribution in [2.75, 3.05) is 6.54 Å². The van der Waals surface area contributed by atoms with E-state index in [9.17, 15) is 26.4 Å². The molecule has 2 aliphatic carbocycles. The molecule has 0 spiro atoms. The molecule has 192 valence electrons. The van der Waals surface area contributed by atoms with Crippen molar-refractivity contribution < 1.29 is 26.4 Å². The lowest BCUT2D eigenvalue weighted by Gasteiger charge is -2.46. The lowest BCUT2D eigenvalue weighted by atomic mass is 9.60. The van der Waals surface area contributed by atoms with Crippen molar-refractivity contribution in [3.8, 4) is 0 Å². The van der Waals surface area contributed by atoms with Crippen LogP contribution >= 0.6 is 0 Å². The van der Waals surface area contributed by atoms with E-state index in [1.54, 1.807) is 18.3 Å². The zero-order valence-corrected chi connectivity index (χ0v) is 20.8. The molecule has 0 amide bonds. The summed E-state index contributed by atoms with van der Waals surface area (Å²) in [5.41, 5.74) is 1.98. The smallest absolute Gasteiger partial charge is 0.291 e. The van der Waals surface area contributed by atoms with E-state index in [1.807, 2.05) is 13.0 Å². The highest BCUT2D eigenvalue weighted by atomic mass is 32.2. The average Bonchev–Trinajstić information content (AvgIpc) is 3.27. The highest BCUT2D eigenvalue weighted by molar-refractivity contribution is 7.93. The molecule has 1 fully saturated rings. The molecule has 0 aliphatic heterocycles. The first-order chi connectivity index (χ1) is 16.9. The number of nitrogens with one attached hydrogen (secondary N) is 1. The van der Waals surface area contributed by atoms with Gasteiger partial charge in [0.05, 0.1) is 22.2 Å². The number of sulfonamides is 1. The molecule has 1 saturated carbocycles. The largest absolute Gasteiger partial charge is 0.402 e. The molecule has 2 heterocycles. The van der Waals surface area contributed by atoms with Crippen LogP contribution in [0.4, 0.5) is 13.2 Å². The van der Waals surface area contributed by atoms with Gasteiger partial charge in [-0.1, -0.05) is 18.2 Å². The maximum atomic E-state index is 14.0. The van der Waals surface area contributed by atoms with Crippen molar-refractivity contribution in [3.05, 3.63) is 76.3 Å². The molecule has 0 aromatic carbocycles. The number of fused-ring (bicyclic) bond motifs is 2. The first-order valence-corrected chi connectivity index (χ1v) is 12.9. The van der Waals surface area contributed by atoms with Gasteiger partial charge < -0.3 is 0 Å². The number of aromatic nitrogens is 3. The number of H-pyrrole nitrogens is 1. The summed E-state index contributed by atoms with van der Waals surface area (Å²) in [5.74, 6) is -0.340. The van der Waals surface area contributed by atoms with E-state index >= 15 is 0 Å². The van der Waals surface area contributed by atoms with Gasteiger partial charge in [0.25, 0.3) is 0 Å². The summed E-state index contributed by atoms with van der Waals surface area (Å²) in [6.07, 6.45) is 2.86. The van der Waals surface area contributed by atoms with Crippen molar-refractivity contribution in [3.63, 3.8) is 0 Å². The predicted molar refractivity (Wildman–Crippen MR) is 129 cm³/mol. The lowest BCUT2D eigenvalue weighted by molar-refractivity contribution is -0.140. The minimum Gasteiger partial charge on any atom is -0.291 e. The normalized spacial score (nSPS) is 22.6. The van der Waals surface area contributed by atoms with Crippen LogP contribution in [-0.4, -0.2) is 52.5 Å². The van der Waals surface area contributed by atoms with Crippen molar-refractivity contribution in [2.24, 2.45) is 5.41 Å². The van der Waals surface area contributed by atoms with E-state index in [0.29, 0.717) is 4.31 Å². The minimum atomic E-state index is -4.78. The van der Waals surface area contributed by atoms with Crippen molar-refractivity contribution in [1.29, 1.82) is 0 Å². The van der Waals surface area contributed by atoms with E-state index < -0.39 is 34.2 Å². The fourth-order valence-corrected chi connectivity index (χ4v) is 6.91. The molecule has 36 heavy (non-hydrogen) atoms. The number of alkyl halides is 3. The quantitative estimate of drug-likeness (QED) is 0.420. The molecule has 2 aromatic heterocycles. The van der Waals surface area contributed by atoms with Crippen LogP contribution in [0.5, 0.6) is 0 Å². The van der Waals surface area contributed by atoms with E-state index in [4.69, 9.17) is 0 Å². The number of carbonyl (C=O) groups excluding carboxylic acids is 1. The van der Waals surface area contributed by atoms with Gasteiger partial charge in [-0.15, -0.1) is 0 Å². The third kappa shape index (κ3) is 4.69. The number of allylic oxidation sites excluding steroid dienone is 3. The zero-order valence-electron chi connectivity index (χ0n) is 20.0. The molecule has 2 aromatic rings. The molecule has 2 aliphatic rings. The highest BCUT2D eigenvalue weighted by Crippen LogP contribution is 2.51. The average molecular weight is 521 g/mol. The molecule has 0 radical (unpaired) electrons. The van der Waals surface area contributed by atoms with Gasteiger partial charge in [-0.05, 0) is 74.9 Å².